The minimum atomic E-state index is -0.175. The van der Waals surface area contributed by atoms with Gasteiger partial charge in [0.05, 0.1) is 0 Å². The standard InChI is InChI=1S/C25H45F/c1-10-11-12-19(4)20(5)15-16-22(7)24(9)25(26)17-23(8)21(6)14-13-18(2)3/h17-22H,8-16H2,1-7H3/b25-17+. The fourth-order valence-electron chi connectivity index (χ4n) is 3.18. The highest BCUT2D eigenvalue weighted by Crippen LogP contribution is 2.30. The van der Waals surface area contributed by atoms with Gasteiger partial charge in [-0.25, -0.2) is 4.39 Å². The van der Waals surface area contributed by atoms with Gasteiger partial charge in [0.25, 0.3) is 0 Å². The predicted octanol–water partition coefficient (Wildman–Crippen LogP) is 8.90. The molecule has 0 bridgehead atoms. The molecule has 26 heavy (non-hydrogen) atoms. The van der Waals surface area contributed by atoms with Gasteiger partial charge in [-0.05, 0) is 66.1 Å². The molecule has 0 aliphatic rings. The van der Waals surface area contributed by atoms with E-state index in [2.05, 4.69) is 61.6 Å². The van der Waals surface area contributed by atoms with E-state index in [1.54, 1.807) is 6.08 Å². The lowest BCUT2D eigenvalue weighted by Crippen LogP contribution is -2.10. The molecule has 0 aromatic heterocycles. The lowest BCUT2D eigenvalue weighted by atomic mass is 9.84. The molecule has 0 nitrogen and oxygen atoms in total. The van der Waals surface area contributed by atoms with Crippen molar-refractivity contribution in [3.05, 3.63) is 36.2 Å². The molecule has 1 heteroatoms. The van der Waals surface area contributed by atoms with Gasteiger partial charge in [0.15, 0.2) is 0 Å². The Labute approximate surface area is 164 Å². The van der Waals surface area contributed by atoms with Crippen molar-refractivity contribution >= 4 is 0 Å². The van der Waals surface area contributed by atoms with Crippen LogP contribution in [0.25, 0.3) is 0 Å². The molecule has 4 unspecified atom stereocenters. The van der Waals surface area contributed by atoms with Gasteiger partial charge in [-0.3, -0.25) is 0 Å². The first-order chi connectivity index (χ1) is 12.1. The molecule has 0 fully saturated rings. The van der Waals surface area contributed by atoms with Crippen molar-refractivity contribution < 1.29 is 4.39 Å². The van der Waals surface area contributed by atoms with Crippen LogP contribution in [-0.2, 0) is 0 Å². The van der Waals surface area contributed by atoms with Gasteiger partial charge in [0, 0.05) is 0 Å². The first-order valence-corrected chi connectivity index (χ1v) is 10.8. The van der Waals surface area contributed by atoms with Gasteiger partial charge in [-0.2, -0.15) is 0 Å². The van der Waals surface area contributed by atoms with Crippen molar-refractivity contribution in [2.75, 3.05) is 0 Å². The molecule has 4 atom stereocenters. The van der Waals surface area contributed by atoms with Gasteiger partial charge in [-0.15, -0.1) is 0 Å². The van der Waals surface area contributed by atoms with Gasteiger partial charge >= 0.3 is 0 Å². The van der Waals surface area contributed by atoms with Gasteiger partial charge in [0.2, 0.25) is 0 Å². The van der Waals surface area contributed by atoms with E-state index in [0.717, 1.165) is 37.2 Å². The average molecular weight is 365 g/mol. The van der Waals surface area contributed by atoms with Gasteiger partial charge in [-0.1, -0.05) is 87.3 Å². The fourth-order valence-corrected chi connectivity index (χ4v) is 3.18. The summed E-state index contributed by atoms with van der Waals surface area (Å²) in [7, 11) is 0. The number of rotatable bonds is 14. The van der Waals surface area contributed by atoms with Crippen molar-refractivity contribution in [2.24, 2.45) is 29.6 Å². The Hall–Kier alpha value is -0.850. The third kappa shape index (κ3) is 10.3. The molecule has 0 N–H and O–H groups in total. The van der Waals surface area contributed by atoms with Crippen LogP contribution in [-0.4, -0.2) is 0 Å². The minimum Gasteiger partial charge on any atom is -0.207 e. The third-order valence-electron chi connectivity index (χ3n) is 6.06. The fraction of sp³-hybridized carbons (Fsp3) is 0.760. The van der Waals surface area contributed by atoms with Crippen molar-refractivity contribution in [3.63, 3.8) is 0 Å². The molecule has 0 saturated heterocycles. The Bertz CT molecular complexity index is 443. The Morgan fingerprint density at radius 1 is 0.808 bits per heavy atom. The summed E-state index contributed by atoms with van der Waals surface area (Å²) in [4.78, 5) is 0. The maximum atomic E-state index is 14.6. The monoisotopic (exact) mass is 364 g/mol. The van der Waals surface area contributed by atoms with Crippen LogP contribution in [0.1, 0.15) is 93.4 Å². The highest BCUT2D eigenvalue weighted by atomic mass is 19.1. The maximum absolute atomic E-state index is 14.6. The highest BCUT2D eigenvalue weighted by molar-refractivity contribution is 5.32. The smallest absolute Gasteiger partial charge is 0.126 e. The van der Waals surface area contributed by atoms with Crippen LogP contribution < -0.4 is 0 Å². The van der Waals surface area contributed by atoms with E-state index in [4.69, 9.17) is 0 Å². The van der Waals surface area contributed by atoms with Crippen molar-refractivity contribution in [2.45, 2.75) is 93.4 Å². The summed E-state index contributed by atoms with van der Waals surface area (Å²) >= 11 is 0. The number of hydrogen-bond donors (Lipinski definition) is 0. The molecule has 0 aromatic carbocycles. The van der Waals surface area contributed by atoms with Gasteiger partial charge in [0.1, 0.15) is 5.83 Å². The molecule has 0 spiro atoms. The van der Waals surface area contributed by atoms with Crippen molar-refractivity contribution in [1.29, 1.82) is 0 Å². The normalized spacial score (nSPS) is 17.0. The second-order valence-corrected chi connectivity index (χ2v) is 9.04. The lowest BCUT2D eigenvalue weighted by Gasteiger charge is -2.22. The highest BCUT2D eigenvalue weighted by Gasteiger charge is 2.17. The summed E-state index contributed by atoms with van der Waals surface area (Å²) in [5, 5.41) is 0. The predicted molar refractivity (Wildman–Crippen MR) is 117 cm³/mol. The molecule has 0 rings (SSSR count). The number of hydrogen-bond acceptors (Lipinski definition) is 0. The first kappa shape index (κ1) is 25.1. The van der Waals surface area contributed by atoms with E-state index in [-0.39, 0.29) is 11.7 Å². The summed E-state index contributed by atoms with van der Waals surface area (Å²) in [6.07, 6.45) is 9.86. The van der Waals surface area contributed by atoms with Crippen LogP contribution >= 0.6 is 0 Å². The zero-order valence-corrected chi connectivity index (χ0v) is 18.7. The lowest BCUT2D eigenvalue weighted by molar-refractivity contribution is 0.317. The van der Waals surface area contributed by atoms with E-state index < -0.39 is 0 Å². The quantitative estimate of drug-likeness (QED) is 0.270. The molecule has 0 amide bonds. The van der Waals surface area contributed by atoms with Crippen LogP contribution in [0.5, 0.6) is 0 Å². The Balaban J connectivity index is 4.50. The molecular weight excluding hydrogens is 319 g/mol. The zero-order valence-electron chi connectivity index (χ0n) is 18.7. The minimum absolute atomic E-state index is 0.175. The molecular formula is C25H45F. The van der Waals surface area contributed by atoms with Crippen molar-refractivity contribution in [3.8, 4) is 0 Å². The molecule has 0 heterocycles. The summed E-state index contributed by atoms with van der Waals surface area (Å²) in [5.41, 5.74) is 1.52. The summed E-state index contributed by atoms with van der Waals surface area (Å²) in [5.74, 6) is 2.45. The number of allylic oxidation sites excluding steroid dienone is 4. The SMILES string of the molecule is C=C(/C=C(/F)C(=C)C(C)CCC(C)C(C)CCCC)C(C)CCC(C)C. The van der Waals surface area contributed by atoms with Crippen LogP contribution in [0.2, 0.25) is 0 Å². The topological polar surface area (TPSA) is 0 Å². The van der Waals surface area contributed by atoms with Crippen LogP contribution in [0, 0.1) is 29.6 Å². The molecule has 0 aromatic rings. The molecule has 0 aliphatic heterocycles. The maximum Gasteiger partial charge on any atom is 0.126 e. The summed E-state index contributed by atoms with van der Waals surface area (Å²) in [6, 6.07) is 0. The van der Waals surface area contributed by atoms with E-state index in [0.29, 0.717) is 23.3 Å². The van der Waals surface area contributed by atoms with Crippen molar-refractivity contribution in [1.82, 2.24) is 0 Å². The third-order valence-corrected chi connectivity index (χ3v) is 6.06. The van der Waals surface area contributed by atoms with E-state index in [9.17, 15) is 4.39 Å². The summed E-state index contributed by atoms with van der Waals surface area (Å²) < 4.78 is 14.6. The molecule has 0 radical (unpaired) electrons. The Morgan fingerprint density at radius 3 is 1.88 bits per heavy atom. The average Bonchev–Trinajstić information content (AvgIpc) is 2.60. The zero-order chi connectivity index (χ0) is 20.3. The Morgan fingerprint density at radius 2 is 1.35 bits per heavy atom. The van der Waals surface area contributed by atoms with Crippen LogP contribution in [0.3, 0.4) is 0 Å². The number of halogens is 1. The Kier molecular flexibility index (Phi) is 12.9. The largest absolute Gasteiger partial charge is 0.207 e. The van der Waals surface area contributed by atoms with Crippen LogP contribution in [0.15, 0.2) is 36.2 Å². The molecule has 0 saturated carbocycles. The molecule has 0 aliphatic carbocycles. The second kappa shape index (κ2) is 13.3. The van der Waals surface area contributed by atoms with E-state index >= 15 is 0 Å². The second-order valence-electron chi connectivity index (χ2n) is 9.04. The number of unbranched alkanes of at least 4 members (excludes halogenated alkanes) is 1. The van der Waals surface area contributed by atoms with Crippen LogP contribution in [0.4, 0.5) is 4.39 Å². The summed E-state index contributed by atoms with van der Waals surface area (Å²) in [6.45, 7) is 23.7. The van der Waals surface area contributed by atoms with E-state index in [1.807, 2.05) is 0 Å². The van der Waals surface area contributed by atoms with Gasteiger partial charge < -0.3 is 0 Å². The van der Waals surface area contributed by atoms with E-state index in [1.165, 1.54) is 19.3 Å². The molecule has 152 valence electrons. The first-order valence-electron chi connectivity index (χ1n) is 10.8.